The zero-order chi connectivity index (χ0) is 25.0. The predicted molar refractivity (Wildman–Crippen MR) is 137 cm³/mol. The monoisotopic (exact) mass is 472 g/mol. The van der Waals surface area contributed by atoms with Crippen LogP contribution in [0.5, 0.6) is 5.75 Å². The number of rotatable bonds is 9. The number of nitrogens with zero attached hydrogens (tertiary/aromatic N) is 1. The molecule has 0 aliphatic rings. The van der Waals surface area contributed by atoms with E-state index >= 15 is 0 Å². The highest BCUT2D eigenvalue weighted by Gasteiger charge is 2.13. The van der Waals surface area contributed by atoms with Crippen LogP contribution in [0.4, 0.5) is 11.4 Å². The number of hydrogen-bond acceptors (Lipinski definition) is 5. The predicted octanol–water partition coefficient (Wildman–Crippen LogP) is 3.92. The highest BCUT2D eigenvalue weighted by molar-refractivity contribution is 6.39. The molecule has 3 aromatic rings. The molecule has 0 fully saturated rings. The van der Waals surface area contributed by atoms with Crippen molar-refractivity contribution in [2.24, 2.45) is 5.10 Å². The molecule has 3 N–H and O–H groups in total. The Kier molecular flexibility index (Phi) is 9.13. The molecule has 0 saturated carbocycles. The van der Waals surface area contributed by atoms with E-state index in [1.165, 1.54) is 6.21 Å². The van der Waals surface area contributed by atoms with Gasteiger partial charge in [0.15, 0.2) is 6.61 Å². The van der Waals surface area contributed by atoms with E-state index in [9.17, 15) is 14.4 Å². The summed E-state index contributed by atoms with van der Waals surface area (Å²) in [4.78, 5) is 36.5. The lowest BCUT2D eigenvalue weighted by atomic mass is 10.1. The molecule has 0 aliphatic heterocycles. The second-order valence-electron chi connectivity index (χ2n) is 7.59. The van der Waals surface area contributed by atoms with Crippen LogP contribution in [0.15, 0.2) is 77.9 Å². The van der Waals surface area contributed by atoms with Crippen LogP contribution in [-0.4, -0.2) is 30.5 Å². The van der Waals surface area contributed by atoms with Crippen LogP contribution in [0.25, 0.3) is 0 Å². The van der Waals surface area contributed by atoms with Crippen LogP contribution in [0.3, 0.4) is 0 Å². The first-order valence-electron chi connectivity index (χ1n) is 11.3. The number of anilines is 2. The molecule has 0 heterocycles. The van der Waals surface area contributed by atoms with Gasteiger partial charge in [-0.1, -0.05) is 56.3 Å². The number of carbonyl (C=O) groups excluding carboxylic acids is 3. The summed E-state index contributed by atoms with van der Waals surface area (Å²) < 4.78 is 5.65. The molecule has 0 aromatic heterocycles. The zero-order valence-electron chi connectivity index (χ0n) is 19.7. The van der Waals surface area contributed by atoms with Crippen LogP contribution in [0.2, 0.25) is 0 Å². The Hall–Kier alpha value is -4.46. The molecule has 0 aliphatic carbocycles. The number of benzene rings is 3. The first-order chi connectivity index (χ1) is 17.0. The van der Waals surface area contributed by atoms with Gasteiger partial charge in [0.1, 0.15) is 5.75 Å². The van der Waals surface area contributed by atoms with Crippen LogP contribution in [-0.2, 0) is 27.2 Å². The second kappa shape index (κ2) is 12.7. The molecule has 180 valence electrons. The van der Waals surface area contributed by atoms with Crippen molar-refractivity contribution in [2.75, 3.05) is 17.2 Å². The highest BCUT2D eigenvalue weighted by atomic mass is 16.5. The fourth-order valence-electron chi connectivity index (χ4n) is 3.22. The van der Waals surface area contributed by atoms with Crippen molar-refractivity contribution in [1.82, 2.24) is 5.43 Å². The molecule has 0 radical (unpaired) electrons. The molecule has 0 bridgehead atoms. The molecule has 0 unspecified atom stereocenters. The molecule has 3 aromatic carbocycles. The van der Waals surface area contributed by atoms with Crippen molar-refractivity contribution in [3.05, 3.63) is 89.5 Å². The molecule has 0 saturated heterocycles. The molecule has 3 amide bonds. The number of aryl methyl sites for hydroxylation is 2. The number of para-hydroxylation sites is 2. The number of hydrogen-bond donors (Lipinski definition) is 3. The van der Waals surface area contributed by atoms with Gasteiger partial charge in [-0.05, 0) is 54.3 Å². The lowest BCUT2D eigenvalue weighted by Crippen LogP contribution is -2.32. The molecular formula is C27H28N4O4. The van der Waals surface area contributed by atoms with Crippen LogP contribution < -0.4 is 20.8 Å². The quantitative estimate of drug-likeness (QED) is 0.249. The summed E-state index contributed by atoms with van der Waals surface area (Å²) in [5.41, 5.74) is 6.16. The molecule has 35 heavy (non-hydrogen) atoms. The maximum absolute atomic E-state index is 12.4. The van der Waals surface area contributed by atoms with E-state index in [-0.39, 0.29) is 12.5 Å². The van der Waals surface area contributed by atoms with Crippen molar-refractivity contribution in [3.63, 3.8) is 0 Å². The normalized spacial score (nSPS) is 10.6. The van der Waals surface area contributed by atoms with Crippen molar-refractivity contribution in [3.8, 4) is 5.75 Å². The van der Waals surface area contributed by atoms with E-state index < -0.39 is 11.8 Å². The fourth-order valence-corrected chi connectivity index (χ4v) is 3.22. The lowest BCUT2D eigenvalue weighted by Gasteiger charge is -2.11. The fraction of sp³-hybridized carbons (Fsp3) is 0.185. The van der Waals surface area contributed by atoms with Crippen LogP contribution in [0, 0.1) is 0 Å². The third-order valence-electron chi connectivity index (χ3n) is 5.15. The van der Waals surface area contributed by atoms with Gasteiger partial charge in [-0.3, -0.25) is 14.4 Å². The summed E-state index contributed by atoms with van der Waals surface area (Å²) in [5.74, 6) is -1.63. The Morgan fingerprint density at radius 1 is 0.829 bits per heavy atom. The van der Waals surface area contributed by atoms with Gasteiger partial charge < -0.3 is 15.4 Å². The van der Waals surface area contributed by atoms with Crippen LogP contribution in [0.1, 0.15) is 30.5 Å². The van der Waals surface area contributed by atoms with E-state index in [0.717, 1.165) is 29.7 Å². The van der Waals surface area contributed by atoms with Gasteiger partial charge in [-0.25, -0.2) is 5.43 Å². The Labute approximate surface area is 204 Å². The van der Waals surface area contributed by atoms with E-state index in [1.54, 1.807) is 36.4 Å². The minimum absolute atomic E-state index is 0.200. The minimum Gasteiger partial charge on any atom is -0.483 e. The van der Waals surface area contributed by atoms with Crippen LogP contribution >= 0.6 is 0 Å². The number of carbonyl (C=O) groups is 3. The van der Waals surface area contributed by atoms with Crippen molar-refractivity contribution in [1.29, 1.82) is 0 Å². The smallest absolute Gasteiger partial charge is 0.329 e. The van der Waals surface area contributed by atoms with Gasteiger partial charge in [0, 0.05) is 16.9 Å². The van der Waals surface area contributed by atoms with Gasteiger partial charge in [0.25, 0.3) is 5.91 Å². The van der Waals surface area contributed by atoms with Crippen molar-refractivity contribution < 1.29 is 19.1 Å². The van der Waals surface area contributed by atoms with Crippen molar-refractivity contribution in [2.45, 2.75) is 26.7 Å². The molecule has 0 atom stereocenters. The number of nitrogens with one attached hydrogen (secondary N) is 3. The standard InChI is InChI=1S/C27H28N4O4/c1-3-19-13-15-22(16-14-19)29-26(33)27(34)31-28-17-21-10-6-8-12-24(21)35-18-25(32)30-23-11-7-5-9-20(23)4-2/h5-17H,3-4,18H2,1-2H3,(H,29,33)(H,30,32)(H,31,34)/b28-17-. The number of ether oxygens (including phenoxy) is 1. The summed E-state index contributed by atoms with van der Waals surface area (Å²) in [5, 5.41) is 9.21. The SMILES string of the molecule is CCc1ccc(NC(=O)C(=O)N/N=C\c2ccccc2OCC(=O)Nc2ccccc2CC)cc1. The van der Waals surface area contributed by atoms with Gasteiger partial charge in [-0.2, -0.15) is 5.10 Å². The molecule has 0 spiro atoms. The zero-order valence-corrected chi connectivity index (χ0v) is 19.7. The average molecular weight is 473 g/mol. The Balaban J connectivity index is 1.53. The van der Waals surface area contributed by atoms with E-state index in [4.69, 9.17) is 4.74 Å². The van der Waals surface area contributed by atoms with Gasteiger partial charge in [-0.15, -0.1) is 0 Å². The van der Waals surface area contributed by atoms with Gasteiger partial charge >= 0.3 is 11.8 Å². The Bertz CT molecular complexity index is 1210. The maximum atomic E-state index is 12.4. The summed E-state index contributed by atoms with van der Waals surface area (Å²) in [6, 6.07) is 21.7. The molecule has 8 heteroatoms. The lowest BCUT2D eigenvalue weighted by molar-refractivity contribution is -0.136. The largest absolute Gasteiger partial charge is 0.483 e. The molecule has 8 nitrogen and oxygen atoms in total. The van der Waals surface area contributed by atoms with E-state index in [1.807, 2.05) is 50.2 Å². The Morgan fingerprint density at radius 3 is 2.29 bits per heavy atom. The summed E-state index contributed by atoms with van der Waals surface area (Å²) in [7, 11) is 0. The number of amides is 3. The highest BCUT2D eigenvalue weighted by Crippen LogP contribution is 2.17. The third-order valence-corrected chi connectivity index (χ3v) is 5.15. The average Bonchev–Trinajstić information content (AvgIpc) is 2.88. The minimum atomic E-state index is -0.909. The van der Waals surface area contributed by atoms with Crippen molar-refractivity contribution >= 4 is 35.3 Å². The Morgan fingerprint density at radius 2 is 1.54 bits per heavy atom. The number of hydrazone groups is 1. The second-order valence-corrected chi connectivity index (χ2v) is 7.59. The first-order valence-corrected chi connectivity index (χ1v) is 11.3. The van der Waals surface area contributed by atoms with E-state index in [0.29, 0.717) is 17.0 Å². The third kappa shape index (κ3) is 7.53. The topological polar surface area (TPSA) is 109 Å². The summed E-state index contributed by atoms with van der Waals surface area (Å²) in [6.45, 7) is 3.85. The first kappa shape index (κ1) is 25.2. The maximum Gasteiger partial charge on any atom is 0.329 e. The summed E-state index contributed by atoms with van der Waals surface area (Å²) in [6.07, 6.45) is 3.03. The van der Waals surface area contributed by atoms with Gasteiger partial charge in [0.2, 0.25) is 0 Å². The molecular weight excluding hydrogens is 444 g/mol. The summed E-state index contributed by atoms with van der Waals surface area (Å²) >= 11 is 0. The van der Waals surface area contributed by atoms with E-state index in [2.05, 4.69) is 21.2 Å². The molecule has 3 rings (SSSR count). The van der Waals surface area contributed by atoms with Gasteiger partial charge in [0.05, 0.1) is 6.21 Å².